The van der Waals surface area contributed by atoms with Crippen molar-refractivity contribution in [2.75, 3.05) is 0 Å². The van der Waals surface area contributed by atoms with Crippen molar-refractivity contribution in [2.45, 2.75) is 77.8 Å². The minimum Gasteiger partial charge on any atom is -0.464 e. The van der Waals surface area contributed by atoms with Crippen LogP contribution >= 0.6 is 31.9 Å². The van der Waals surface area contributed by atoms with Gasteiger partial charge in [-0.25, -0.2) is 17.6 Å². The van der Waals surface area contributed by atoms with Gasteiger partial charge in [-0.3, -0.25) is 0 Å². The van der Waals surface area contributed by atoms with Crippen LogP contribution in [-0.2, 0) is 18.6 Å². The van der Waals surface area contributed by atoms with Gasteiger partial charge < -0.3 is 36.3 Å². The predicted octanol–water partition coefficient (Wildman–Crippen LogP) is 12.4. The Bertz CT molecular complexity index is 2710. The van der Waals surface area contributed by atoms with Gasteiger partial charge in [-0.2, -0.15) is 0 Å². The zero-order valence-electron chi connectivity index (χ0n) is 33.9. The van der Waals surface area contributed by atoms with Crippen LogP contribution in [0.4, 0.5) is 17.6 Å². The summed E-state index contributed by atoms with van der Waals surface area (Å²) in [7, 11) is -1.38. The Kier molecular flexibility index (Phi) is 12.1. The van der Waals surface area contributed by atoms with Crippen LogP contribution in [0.15, 0.2) is 124 Å². The summed E-state index contributed by atoms with van der Waals surface area (Å²) in [5.41, 5.74) is 1.11. The van der Waals surface area contributed by atoms with Gasteiger partial charge in [0.15, 0.2) is 0 Å². The molecule has 0 bridgehead atoms. The third-order valence-electron chi connectivity index (χ3n) is 11.2. The number of rotatable bonds is 2. The molecule has 0 spiro atoms. The molecule has 2 fully saturated rings. The maximum atomic E-state index is 14.4. The molecular formula is C44H40B2Br2F4O8. The molecule has 0 aliphatic carbocycles. The third kappa shape index (κ3) is 8.59. The summed E-state index contributed by atoms with van der Waals surface area (Å²) in [6.45, 7) is 15.6. The van der Waals surface area contributed by atoms with Crippen molar-refractivity contribution in [1.29, 1.82) is 0 Å². The van der Waals surface area contributed by atoms with Gasteiger partial charge in [-0.05, 0) is 142 Å². The normalized spacial score (nSPS) is 17.4. The molecule has 4 aromatic heterocycles. The fourth-order valence-electron chi connectivity index (χ4n) is 6.27. The van der Waals surface area contributed by atoms with E-state index in [2.05, 4.69) is 31.9 Å². The number of fused-ring (bicyclic) bond motifs is 4. The molecule has 16 heteroatoms. The zero-order valence-corrected chi connectivity index (χ0v) is 37.1. The molecule has 0 saturated carbocycles. The predicted molar refractivity (Wildman–Crippen MR) is 232 cm³/mol. The van der Waals surface area contributed by atoms with Crippen molar-refractivity contribution in [3.63, 3.8) is 0 Å². The summed E-state index contributed by atoms with van der Waals surface area (Å²) in [5, 5.41) is 2.70. The number of hydrogen-bond donors (Lipinski definition) is 0. The van der Waals surface area contributed by atoms with Gasteiger partial charge in [0, 0.05) is 33.8 Å². The molecule has 8 aromatic rings. The lowest BCUT2D eigenvalue weighted by molar-refractivity contribution is 0.00578. The zero-order chi connectivity index (χ0) is 43.4. The van der Waals surface area contributed by atoms with Gasteiger partial charge in [0.1, 0.15) is 45.6 Å². The first kappa shape index (κ1) is 43.8. The van der Waals surface area contributed by atoms with E-state index in [1.54, 1.807) is 60.7 Å². The Labute approximate surface area is 361 Å². The van der Waals surface area contributed by atoms with Crippen LogP contribution in [-0.4, -0.2) is 36.6 Å². The standard InChI is InChI=1S/2C14H16BFO3.2C8H4BrFO/c1-13(2)14(3,4)19-15(18-13)10-7-9-5-6-17-12(9)8-11(10)16;1-13(2)14(3,4)19-15(18-13)10-5-6-11-9(12(10)16)7-8-17-11;9-6-3-5-1-2-11-8(5)4-7(6)10;9-6-1-2-7-5(8(6)10)3-4-11-7/h2*5-8H,1-4H3;2*1-4H. The molecule has 4 aromatic carbocycles. The summed E-state index contributed by atoms with van der Waals surface area (Å²) >= 11 is 6.17. The SMILES string of the molecule is CC1(C)OB(c2cc3ccoc3cc2F)OC1(C)C.CC1(C)OB(c2ccc3occc3c2F)OC1(C)C.Fc1c(Br)ccc2occc12.Fc1cc2occc2cc1Br. The average Bonchev–Trinajstić information content (AvgIpc) is 4.03. The highest BCUT2D eigenvalue weighted by Crippen LogP contribution is 2.38. The van der Waals surface area contributed by atoms with Crippen LogP contribution in [0.25, 0.3) is 43.9 Å². The van der Waals surface area contributed by atoms with Gasteiger partial charge in [-0.1, -0.05) is 6.07 Å². The number of benzene rings is 4. The van der Waals surface area contributed by atoms with Crippen LogP contribution in [0.3, 0.4) is 0 Å². The highest BCUT2D eigenvalue weighted by atomic mass is 79.9. The van der Waals surface area contributed by atoms with E-state index in [0.717, 1.165) is 10.8 Å². The molecule has 0 radical (unpaired) electrons. The lowest BCUT2D eigenvalue weighted by Crippen LogP contribution is -2.41. The monoisotopic (exact) mass is 952 g/mol. The molecule has 2 aliphatic rings. The Hall–Kier alpha value is -4.31. The summed E-state index contributed by atoms with van der Waals surface area (Å²) in [6.07, 6.45) is 6.02. The highest BCUT2D eigenvalue weighted by molar-refractivity contribution is 9.10. The van der Waals surface area contributed by atoms with Crippen LogP contribution in [0.5, 0.6) is 0 Å². The fourth-order valence-corrected chi connectivity index (χ4v) is 6.98. The van der Waals surface area contributed by atoms with Gasteiger partial charge in [0.05, 0.1) is 67.2 Å². The first-order chi connectivity index (χ1) is 28.2. The van der Waals surface area contributed by atoms with E-state index < -0.39 is 36.6 Å². The Morgan fingerprint density at radius 3 is 1.37 bits per heavy atom. The van der Waals surface area contributed by atoms with Crippen molar-refractivity contribution >= 4 is 101 Å². The molecule has 2 saturated heterocycles. The molecule has 8 nitrogen and oxygen atoms in total. The molecule has 0 unspecified atom stereocenters. The van der Waals surface area contributed by atoms with Crippen LogP contribution in [0.1, 0.15) is 55.4 Å². The van der Waals surface area contributed by atoms with Gasteiger partial charge in [-0.15, -0.1) is 0 Å². The topological polar surface area (TPSA) is 89.5 Å². The second-order valence-corrected chi connectivity index (χ2v) is 17.9. The fraction of sp³-hybridized carbons (Fsp3) is 0.273. The van der Waals surface area contributed by atoms with Crippen LogP contribution in [0.2, 0.25) is 0 Å². The molecule has 60 heavy (non-hydrogen) atoms. The number of hydrogen-bond acceptors (Lipinski definition) is 8. The molecular weight excluding hydrogens is 914 g/mol. The van der Waals surface area contributed by atoms with E-state index >= 15 is 0 Å². The van der Waals surface area contributed by atoms with E-state index in [1.807, 2.05) is 55.4 Å². The quantitative estimate of drug-likeness (QED) is 0.125. The highest BCUT2D eigenvalue weighted by Gasteiger charge is 2.53. The lowest BCUT2D eigenvalue weighted by atomic mass is 9.78. The van der Waals surface area contributed by atoms with E-state index in [4.69, 9.17) is 36.3 Å². The second kappa shape index (κ2) is 16.5. The molecule has 2 aliphatic heterocycles. The Morgan fingerprint density at radius 1 is 0.417 bits per heavy atom. The third-order valence-corrected chi connectivity index (χ3v) is 12.4. The average molecular weight is 954 g/mol. The molecule has 6 heterocycles. The molecule has 0 atom stereocenters. The van der Waals surface area contributed by atoms with E-state index in [9.17, 15) is 17.6 Å². The van der Waals surface area contributed by atoms with Crippen LogP contribution < -0.4 is 10.9 Å². The van der Waals surface area contributed by atoms with Crippen molar-refractivity contribution in [1.82, 2.24) is 0 Å². The molecule has 10 rings (SSSR count). The second-order valence-electron chi connectivity index (χ2n) is 16.2. The van der Waals surface area contributed by atoms with E-state index in [-0.39, 0.29) is 23.3 Å². The molecule has 0 N–H and O–H groups in total. The minimum absolute atomic E-state index is 0.267. The summed E-state index contributed by atoms with van der Waals surface area (Å²) in [6, 6.07) is 19.7. The molecule has 312 valence electrons. The Balaban J connectivity index is 0.000000125. The first-order valence-electron chi connectivity index (χ1n) is 18.8. The first-order valence-corrected chi connectivity index (χ1v) is 20.4. The summed E-state index contributed by atoms with van der Waals surface area (Å²) < 4.78 is 99.2. The van der Waals surface area contributed by atoms with Gasteiger partial charge >= 0.3 is 14.2 Å². The maximum Gasteiger partial charge on any atom is 0.497 e. The van der Waals surface area contributed by atoms with Crippen molar-refractivity contribution in [2.24, 2.45) is 0 Å². The van der Waals surface area contributed by atoms with Gasteiger partial charge in [0.2, 0.25) is 0 Å². The van der Waals surface area contributed by atoms with Crippen molar-refractivity contribution in [3.8, 4) is 0 Å². The maximum absolute atomic E-state index is 14.4. The summed E-state index contributed by atoms with van der Waals surface area (Å²) in [4.78, 5) is 0. The van der Waals surface area contributed by atoms with Gasteiger partial charge in [0.25, 0.3) is 0 Å². The Morgan fingerprint density at radius 2 is 0.833 bits per heavy atom. The lowest BCUT2D eigenvalue weighted by Gasteiger charge is -2.32. The number of furan rings is 4. The summed E-state index contributed by atoms with van der Waals surface area (Å²) in [5.74, 6) is -1.28. The van der Waals surface area contributed by atoms with E-state index in [0.29, 0.717) is 53.0 Å². The van der Waals surface area contributed by atoms with Crippen molar-refractivity contribution < 1.29 is 53.8 Å². The van der Waals surface area contributed by atoms with Crippen molar-refractivity contribution in [3.05, 3.63) is 130 Å². The minimum atomic E-state index is -0.690. The largest absolute Gasteiger partial charge is 0.497 e. The van der Waals surface area contributed by atoms with Crippen LogP contribution in [0, 0.1) is 23.3 Å². The smallest absolute Gasteiger partial charge is 0.464 e. The molecule has 0 amide bonds. The number of halogens is 6. The van der Waals surface area contributed by atoms with E-state index in [1.165, 1.54) is 37.2 Å².